The fourth-order valence-corrected chi connectivity index (χ4v) is 2.87. The van der Waals surface area contributed by atoms with Gasteiger partial charge in [-0.15, -0.1) is 0 Å². The van der Waals surface area contributed by atoms with Crippen molar-refractivity contribution < 1.29 is 19.2 Å². The second-order valence-electron chi connectivity index (χ2n) is 5.17. The van der Waals surface area contributed by atoms with E-state index in [2.05, 4.69) is 5.16 Å². The Labute approximate surface area is 163 Å². The van der Waals surface area contributed by atoms with Gasteiger partial charge in [0.15, 0.2) is 0 Å². The van der Waals surface area contributed by atoms with E-state index >= 15 is 0 Å². The van der Waals surface area contributed by atoms with Crippen molar-refractivity contribution in [3.05, 3.63) is 35.9 Å². The fraction of sp³-hybridized carbons (Fsp3) is 0.471. The number of hydrogen-bond acceptors (Lipinski definition) is 8. The number of benzene rings is 1. The summed E-state index contributed by atoms with van der Waals surface area (Å²) < 4.78 is 8.15. The smallest absolute Gasteiger partial charge is 0.446 e. The molecule has 1 atom stereocenters. The van der Waals surface area contributed by atoms with Gasteiger partial charge in [-0.3, -0.25) is 9.63 Å². The molecular weight excluding hydrogens is 374 g/mol. The number of nitrogens with zero attached hydrogens (tertiary/aromatic N) is 3. The van der Waals surface area contributed by atoms with E-state index in [9.17, 15) is 9.59 Å². The lowest BCUT2D eigenvalue weighted by atomic mass is 10.2. The van der Waals surface area contributed by atoms with Crippen LogP contribution in [0.2, 0.25) is 0 Å². The molecule has 0 aromatic heterocycles. The van der Waals surface area contributed by atoms with Gasteiger partial charge >= 0.3 is 12.1 Å². The topological polar surface area (TPSA) is 71.4 Å². The van der Waals surface area contributed by atoms with Crippen LogP contribution in [-0.2, 0) is 20.9 Å². The van der Waals surface area contributed by atoms with E-state index in [0.29, 0.717) is 18.9 Å². The van der Waals surface area contributed by atoms with Gasteiger partial charge in [0.2, 0.25) is 0 Å². The maximum absolute atomic E-state index is 12.1. The van der Waals surface area contributed by atoms with E-state index in [1.165, 1.54) is 10.5 Å². The van der Waals surface area contributed by atoms with Crippen molar-refractivity contribution in [3.8, 4) is 0 Å². The molecule has 9 heteroatoms. The number of esters is 1. The molecule has 0 aliphatic rings. The highest BCUT2D eigenvalue weighted by Gasteiger charge is 2.27. The first-order chi connectivity index (χ1) is 12.5. The number of amides is 1. The highest BCUT2D eigenvalue weighted by molar-refractivity contribution is 7.99. The first-order valence-corrected chi connectivity index (χ1v) is 10.2. The summed E-state index contributed by atoms with van der Waals surface area (Å²) in [5.74, 6) is 0.306. The molecule has 1 aromatic carbocycles. The van der Waals surface area contributed by atoms with E-state index in [1.54, 1.807) is 37.0 Å². The molecule has 0 N–H and O–H groups in total. The van der Waals surface area contributed by atoms with Crippen molar-refractivity contribution in [2.75, 3.05) is 25.7 Å². The zero-order chi connectivity index (χ0) is 19.4. The van der Waals surface area contributed by atoms with Gasteiger partial charge in [0, 0.05) is 31.5 Å². The number of oxime groups is 1. The Morgan fingerprint density at radius 1 is 1.31 bits per heavy atom. The molecule has 0 heterocycles. The van der Waals surface area contributed by atoms with Crippen LogP contribution in [0.25, 0.3) is 0 Å². The van der Waals surface area contributed by atoms with Crippen LogP contribution in [0.3, 0.4) is 0 Å². The third-order valence-corrected chi connectivity index (χ3v) is 4.70. The molecule has 0 aliphatic heterocycles. The molecule has 1 aromatic rings. The van der Waals surface area contributed by atoms with Crippen LogP contribution in [0.15, 0.2) is 35.5 Å². The molecule has 0 spiro atoms. The highest BCUT2D eigenvalue weighted by atomic mass is 32.2. The van der Waals surface area contributed by atoms with Crippen LogP contribution < -0.4 is 0 Å². The molecule has 0 saturated carbocycles. The van der Waals surface area contributed by atoms with Gasteiger partial charge < -0.3 is 4.74 Å². The van der Waals surface area contributed by atoms with Crippen molar-refractivity contribution in [2.24, 2.45) is 5.16 Å². The Balaban J connectivity index is 2.77. The maximum Gasteiger partial charge on any atom is 0.446 e. The van der Waals surface area contributed by atoms with Crippen LogP contribution >= 0.6 is 23.9 Å². The molecule has 26 heavy (non-hydrogen) atoms. The maximum atomic E-state index is 12.1. The molecule has 0 aliphatic carbocycles. The molecule has 0 bridgehead atoms. The van der Waals surface area contributed by atoms with Crippen LogP contribution in [0.4, 0.5) is 4.79 Å². The lowest BCUT2D eigenvalue weighted by molar-refractivity contribution is -0.147. The number of hydrogen-bond donors (Lipinski definition) is 0. The number of ether oxygens (including phenoxy) is 1. The highest BCUT2D eigenvalue weighted by Crippen LogP contribution is 2.23. The molecule has 0 radical (unpaired) electrons. The van der Waals surface area contributed by atoms with E-state index < -0.39 is 12.1 Å². The molecule has 144 valence electrons. The van der Waals surface area contributed by atoms with Gasteiger partial charge in [0.1, 0.15) is 6.04 Å². The molecule has 1 unspecified atom stereocenters. The minimum absolute atomic E-state index is 0.301. The standard InChI is InChI=1S/C17H25N3O4S2/c1-5-23-16(21)14(2)20(13-15-9-7-6-8-10-15)26-19(3)17(22)24-18-11-12-25-4/h6-11,14H,5,12-13H2,1-4H3/b18-11-. The number of carbonyl (C=O) groups excluding carboxylic acids is 2. The average Bonchev–Trinajstić information content (AvgIpc) is 2.64. The third kappa shape index (κ3) is 8.11. The summed E-state index contributed by atoms with van der Waals surface area (Å²) in [5.41, 5.74) is 1.01. The zero-order valence-electron chi connectivity index (χ0n) is 15.5. The summed E-state index contributed by atoms with van der Waals surface area (Å²) in [6, 6.07) is 9.13. The number of carbonyl (C=O) groups is 2. The van der Waals surface area contributed by atoms with Crippen LogP contribution in [-0.4, -0.2) is 58.6 Å². The summed E-state index contributed by atoms with van der Waals surface area (Å²) in [4.78, 5) is 29.0. The summed E-state index contributed by atoms with van der Waals surface area (Å²) in [6.45, 7) is 4.26. The summed E-state index contributed by atoms with van der Waals surface area (Å²) in [5, 5.41) is 3.62. The minimum atomic E-state index is -0.624. The quantitative estimate of drug-likeness (QED) is 0.196. The molecule has 1 rings (SSSR count). The van der Waals surface area contributed by atoms with Gasteiger partial charge in [0.25, 0.3) is 0 Å². The summed E-state index contributed by atoms with van der Waals surface area (Å²) >= 11 is 2.65. The predicted molar refractivity (Wildman–Crippen MR) is 107 cm³/mol. The molecule has 1 amide bonds. The van der Waals surface area contributed by atoms with Gasteiger partial charge in [-0.1, -0.05) is 35.5 Å². The van der Waals surface area contributed by atoms with Gasteiger partial charge in [0.05, 0.1) is 12.8 Å². The van der Waals surface area contributed by atoms with E-state index in [0.717, 1.165) is 17.7 Å². The van der Waals surface area contributed by atoms with Crippen molar-refractivity contribution in [1.29, 1.82) is 0 Å². The lowest BCUT2D eigenvalue weighted by Crippen LogP contribution is -2.38. The molecular formula is C17H25N3O4S2. The van der Waals surface area contributed by atoms with Crippen LogP contribution in [0.5, 0.6) is 0 Å². The Kier molecular flexibility index (Phi) is 10.8. The number of thioether (sulfide) groups is 1. The van der Waals surface area contributed by atoms with Crippen molar-refractivity contribution in [2.45, 2.75) is 26.4 Å². The molecule has 0 saturated heterocycles. The van der Waals surface area contributed by atoms with Gasteiger partial charge in [-0.2, -0.15) is 11.8 Å². The zero-order valence-corrected chi connectivity index (χ0v) is 17.1. The Morgan fingerprint density at radius 2 is 2.00 bits per heavy atom. The number of rotatable bonds is 10. The Morgan fingerprint density at radius 3 is 2.62 bits per heavy atom. The molecule has 0 fully saturated rings. The average molecular weight is 400 g/mol. The fourth-order valence-electron chi connectivity index (χ4n) is 1.82. The second kappa shape index (κ2) is 12.6. The van der Waals surface area contributed by atoms with E-state index in [-0.39, 0.29) is 5.97 Å². The Hall–Kier alpha value is -1.71. The lowest BCUT2D eigenvalue weighted by Gasteiger charge is -2.28. The normalized spacial score (nSPS) is 12.2. The van der Waals surface area contributed by atoms with Crippen LogP contribution in [0, 0.1) is 0 Å². The summed E-state index contributed by atoms with van der Waals surface area (Å²) in [7, 11) is 1.56. The summed E-state index contributed by atoms with van der Waals surface area (Å²) in [6.07, 6.45) is 2.82. The van der Waals surface area contributed by atoms with E-state index in [4.69, 9.17) is 9.57 Å². The van der Waals surface area contributed by atoms with Gasteiger partial charge in [-0.25, -0.2) is 13.4 Å². The van der Waals surface area contributed by atoms with Gasteiger partial charge in [-0.05, 0) is 25.7 Å². The first kappa shape index (κ1) is 22.3. The molecule has 7 nitrogen and oxygen atoms in total. The SMILES string of the molecule is CCOC(=O)C(C)N(Cc1ccccc1)SN(C)C(=O)O/N=C\CSC. The first-order valence-electron chi connectivity index (χ1n) is 8.10. The van der Waals surface area contributed by atoms with Crippen molar-refractivity contribution in [3.63, 3.8) is 0 Å². The largest absolute Gasteiger partial charge is 0.465 e. The second-order valence-corrected chi connectivity index (χ2v) is 7.26. The third-order valence-electron chi connectivity index (χ3n) is 3.17. The predicted octanol–water partition coefficient (Wildman–Crippen LogP) is 3.42. The van der Waals surface area contributed by atoms with Crippen molar-refractivity contribution in [1.82, 2.24) is 8.61 Å². The van der Waals surface area contributed by atoms with Crippen LogP contribution in [0.1, 0.15) is 19.4 Å². The van der Waals surface area contributed by atoms with Crippen molar-refractivity contribution >= 4 is 42.2 Å². The monoisotopic (exact) mass is 399 g/mol. The van der Waals surface area contributed by atoms with E-state index in [1.807, 2.05) is 36.6 Å². The Bertz CT molecular complexity index is 587. The minimum Gasteiger partial charge on any atom is -0.465 e.